The van der Waals surface area contributed by atoms with Crippen LogP contribution in [0.5, 0.6) is 0 Å². The van der Waals surface area contributed by atoms with E-state index in [1.807, 2.05) is 0 Å². The summed E-state index contributed by atoms with van der Waals surface area (Å²) in [5.74, 6) is 0. The summed E-state index contributed by atoms with van der Waals surface area (Å²) in [4.78, 5) is 25.0. The maximum atomic E-state index is 8.33. The Morgan fingerprint density at radius 3 is 0.538 bits per heavy atom. The molecule has 0 aromatic heterocycles. The van der Waals surface area contributed by atoms with E-state index in [0.29, 0.717) is 0 Å². The quantitative estimate of drug-likeness (QED) is 0.245. The van der Waals surface area contributed by atoms with Gasteiger partial charge in [0.05, 0.1) is 0 Å². The predicted molar refractivity (Wildman–Crippen MR) is 57.1 cm³/mol. The van der Waals surface area contributed by atoms with Crippen LogP contribution in [0.15, 0.2) is 50.1 Å². The molecule has 0 aromatic carbocycles. The molecule has 2 aliphatic rings. The maximum Gasteiger partial charge on any atom is 3.00 e. The van der Waals surface area contributed by atoms with Crippen LogP contribution < -0.4 is 30.6 Å². The maximum absolute atomic E-state index is 8.33. The van der Waals surface area contributed by atoms with Crippen molar-refractivity contribution in [3.63, 3.8) is 0 Å². The molecular weight excluding hydrogens is 618 g/mol. The minimum absolute atomic E-state index is 0. The van der Waals surface area contributed by atoms with Crippen molar-refractivity contribution in [3.05, 3.63) is 50.1 Å². The third kappa shape index (κ3) is 95.1. The van der Waals surface area contributed by atoms with Crippen molar-refractivity contribution >= 4 is 18.5 Å². The molecule has 2 heterocycles. The molecule has 0 spiro atoms. The van der Waals surface area contributed by atoms with E-state index in [9.17, 15) is 0 Å². The van der Waals surface area contributed by atoms with Crippen molar-refractivity contribution in [2.75, 3.05) is 0 Å². The molecule has 0 unspecified atom stereocenters. The minimum atomic E-state index is -2.33. The molecule has 0 fully saturated rings. The first kappa shape index (κ1) is 35.5. The molecule has 0 atom stereocenters. The Balaban J connectivity index is -0.0000000706. The van der Waals surface area contributed by atoms with Crippen LogP contribution in [0.4, 0.5) is 14.4 Å². The molecule has 0 saturated carbocycles. The average Bonchev–Trinajstić information content (AvgIpc) is 2.50. The van der Waals surface area contributed by atoms with E-state index in [2.05, 4.69) is 18.9 Å². The van der Waals surface area contributed by atoms with Crippen LogP contribution in [0, 0.1) is 71.2 Å². The molecule has 2 rings (SSSR count). The number of ether oxygens (including phenoxy) is 4. The third-order valence-corrected chi connectivity index (χ3v) is 0.851. The van der Waals surface area contributed by atoms with Crippen LogP contribution in [-0.2, 0) is 18.9 Å². The van der Waals surface area contributed by atoms with Gasteiger partial charge < -0.3 is 64.0 Å². The van der Waals surface area contributed by atoms with E-state index >= 15 is 0 Å². The zero-order valence-electron chi connectivity index (χ0n) is 12.6. The van der Waals surface area contributed by atoms with E-state index in [4.69, 9.17) is 45.0 Å². The number of rotatable bonds is 0. The summed E-state index contributed by atoms with van der Waals surface area (Å²) in [6, 6.07) is 0. The zero-order valence-corrected chi connectivity index (χ0v) is 19.8. The smallest absolute Gasteiger partial charge is 0.652 e. The van der Waals surface area contributed by atoms with Gasteiger partial charge >= 0.3 is 71.2 Å². The Labute approximate surface area is 202 Å². The van der Waals surface area contributed by atoms with Crippen LogP contribution in [0.2, 0.25) is 0 Å². The van der Waals surface area contributed by atoms with Crippen LogP contribution in [0.1, 0.15) is 0 Å². The van der Waals surface area contributed by atoms with Crippen molar-refractivity contribution in [2.24, 2.45) is 0 Å². The monoisotopic (exact) mass is 626 g/mol. The molecule has 0 N–H and O–H groups in total. The predicted octanol–water partition coefficient (Wildman–Crippen LogP) is -5.39. The van der Waals surface area contributed by atoms with Gasteiger partial charge in [0.15, 0.2) is 0 Å². The van der Waals surface area contributed by atoms with Gasteiger partial charge in [-0.2, -0.15) is 0 Å². The Morgan fingerprint density at radius 2 is 0.500 bits per heavy atom. The van der Waals surface area contributed by atoms with Crippen molar-refractivity contribution in [3.8, 4) is 0 Å². The number of carboxylic acid groups (broad SMARTS) is 6. The Morgan fingerprint density at radius 1 is 0.423 bits per heavy atom. The molecule has 0 amide bonds. The van der Waals surface area contributed by atoms with Crippen LogP contribution in [0.25, 0.3) is 0 Å². The summed E-state index contributed by atoms with van der Waals surface area (Å²) in [6.07, 6.45) is 4.67. The van der Waals surface area contributed by atoms with Gasteiger partial charge in [0.1, 0.15) is 50.1 Å². The van der Waals surface area contributed by atoms with E-state index in [1.54, 1.807) is 0 Å². The van der Waals surface area contributed by atoms with Crippen molar-refractivity contribution in [1.29, 1.82) is 0 Å². The van der Waals surface area contributed by atoms with Gasteiger partial charge in [-0.25, -0.2) is 0 Å². The fourth-order valence-electron chi connectivity index (χ4n) is 0.438. The summed E-state index contributed by atoms with van der Waals surface area (Å²) in [5.41, 5.74) is 0. The molecular formula is C11H8La2O13. The fraction of sp³-hybridized carbons (Fsp3) is 0. The third-order valence-electron chi connectivity index (χ3n) is 0.851. The molecule has 2 aliphatic heterocycles. The first-order valence-electron chi connectivity index (χ1n) is 5.06. The topological polar surface area (TPSA) is 226 Å². The molecule has 0 bridgehead atoms. The van der Waals surface area contributed by atoms with Crippen molar-refractivity contribution in [1.82, 2.24) is 0 Å². The zero-order chi connectivity index (χ0) is 19.2. The summed E-state index contributed by atoms with van der Waals surface area (Å²) in [5, 5.41) is 50.0. The van der Waals surface area contributed by atoms with Gasteiger partial charge in [-0.05, 0) is 18.5 Å². The Hall–Kier alpha value is -1.64. The number of hydrogen-bond donors (Lipinski definition) is 0. The molecule has 0 radical (unpaired) electrons. The Kier molecular flexibility index (Phi) is 42.5. The summed E-state index contributed by atoms with van der Waals surface area (Å²) in [7, 11) is 0. The largest absolute Gasteiger partial charge is 3.00 e. The summed E-state index contributed by atoms with van der Waals surface area (Å²) >= 11 is 0. The van der Waals surface area contributed by atoms with E-state index < -0.39 is 18.5 Å². The number of carbonyl (C=O) groups is 3. The van der Waals surface area contributed by atoms with Gasteiger partial charge in [-0.3, -0.25) is 0 Å². The van der Waals surface area contributed by atoms with Crippen LogP contribution >= 0.6 is 0 Å². The Bertz CT molecular complexity index is 354. The molecule has 0 saturated heterocycles. The second-order valence-electron chi connectivity index (χ2n) is 2.38. The first-order chi connectivity index (χ1) is 11.2. The van der Waals surface area contributed by atoms with Crippen molar-refractivity contribution < 1.29 is 135 Å². The second-order valence-corrected chi connectivity index (χ2v) is 2.38. The van der Waals surface area contributed by atoms with Gasteiger partial charge in [-0.15, -0.1) is 0 Å². The summed E-state index contributed by atoms with van der Waals surface area (Å²) < 4.78 is 18.3. The normalized spacial score (nSPS) is 10.2. The first-order valence-corrected chi connectivity index (χ1v) is 5.06. The van der Waals surface area contributed by atoms with Gasteiger partial charge in [0.2, 0.25) is 0 Å². The van der Waals surface area contributed by atoms with Gasteiger partial charge in [-0.1, -0.05) is 0 Å². The van der Waals surface area contributed by atoms with Crippen LogP contribution in [0.3, 0.4) is 0 Å². The van der Waals surface area contributed by atoms with Crippen LogP contribution in [-0.4, -0.2) is 18.5 Å². The molecule has 136 valence electrons. The van der Waals surface area contributed by atoms with Gasteiger partial charge in [0, 0.05) is 0 Å². The fourth-order valence-corrected chi connectivity index (χ4v) is 0.438. The van der Waals surface area contributed by atoms with E-state index in [1.165, 1.54) is 50.1 Å². The number of hydrogen-bond acceptors (Lipinski definition) is 13. The van der Waals surface area contributed by atoms with E-state index in [-0.39, 0.29) is 71.2 Å². The molecule has 0 aliphatic carbocycles. The minimum Gasteiger partial charge on any atom is -0.652 e. The molecule has 15 heteroatoms. The number of carbonyl (C=O) groups excluding carboxylic acids is 3. The second kappa shape index (κ2) is 31.2. The van der Waals surface area contributed by atoms with E-state index in [0.717, 1.165) is 0 Å². The van der Waals surface area contributed by atoms with Crippen molar-refractivity contribution in [2.45, 2.75) is 0 Å². The average molecular weight is 626 g/mol. The standard InChI is InChI=1S/2C4H4O2.3CH2O3.2La/c2*1-2-6-4-3-5-1;3*2-1(3)4;;/h2*1-4H;3*(H2,2,3,4);;/q;;;;;2*+3/p-6. The molecule has 13 nitrogen and oxygen atoms in total. The molecule has 0 aromatic rings. The summed E-state index contributed by atoms with van der Waals surface area (Å²) in [6.45, 7) is 0. The molecule has 26 heavy (non-hydrogen) atoms. The SMILES string of the molecule is C1=COC=CO1.C1=COC=CO1.O=C([O-])[O-].O=C([O-])[O-].O=C([O-])[O-].[La+3].[La+3]. The van der Waals surface area contributed by atoms with Gasteiger partial charge in [0.25, 0.3) is 0 Å².